The molecule has 4 nitrogen and oxygen atoms in total. The molecule has 0 fully saturated rings. The second-order valence-electron chi connectivity index (χ2n) is 3.92. The van der Waals surface area contributed by atoms with E-state index < -0.39 is 0 Å². The Labute approximate surface area is 111 Å². The first-order chi connectivity index (χ1) is 8.81. The van der Waals surface area contributed by atoms with E-state index in [1.54, 1.807) is 13.4 Å². The van der Waals surface area contributed by atoms with Crippen molar-refractivity contribution in [1.29, 1.82) is 0 Å². The van der Waals surface area contributed by atoms with Gasteiger partial charge in [0, 0.05) is 42.0 Å². The molecule has 0 aliphatic heterocycles. The summed E-state index contributed by atoms with van der Waals surface area (Å²) in [6.07, 6.45) is 4.43. The van der Waals surface area contributed by atoms with Gasteiger partial charge in [0.25, 0.3) is 0 Å². The van der Waals surface area contributed by atoms with Crippen LogP contribution in [0.2, 0.25) is 5.02 Å². The Balaban J connectivity index is 1.86. The minimum Gasteiger partial charge on any atom is -0.496 e. The van der Waals surface area contributed by atoms with Gasteiger partial charge < -0.3 is 15.0 Å². The van der Waals surface area contributed by atoms with Crippen molar-refractivity contribution < 1.29 is 4.74 Å². The van der Waals surface area contributed by atoms with Crippen molar-refractivity contribution in [3.05, 3.63) is 47.0 Å². The van der Waals surface area contributed by atoms with Crippen LogP contribution in [0.3, 0.4) is 0 Å². The van der Waals surface area contributed by atoms with E-state index in [-0.39, 0.29) is 0 Å². The van der Waals surface area contributed by atoms with Crippen LogP contribution in [0.5, 0.6) is 5.75 Å². The van der Waals surface area contributed by atoms with Gasteiger partial charge in [-0.25, -0.2) is 4.98 Å². The third-order valence-corrected chi connectivity index (χ3v) is 3.08. The van der Waals surface area contributed by atoms with E-state index in [9.17, 15) is 0 Å². The number of benzene rings is 1. The molecule has 96 valence electrons. The van der Waals surface area contributed by atoms with Crippen LogP contribution in [0.1, 0.15) is 11.3 Å². The zero-order valence-electron chi connectivity index (χ0n) is 10.2. The lowest BCUT2D eigenvalue weighted by atomic mass is 10.2. The van der Waals surface area contributed by atoms with Gasteiger partial charge in [-0.1, -0.05) is 17.7 Å². The molecule has 0 saturated heterocycles. The third kappa shape index (κ3) is 3.24. The fourth-order valence-corrected chi connectivity index (χ4v) is 1.99. The lowest BCUT2D eigenvalue weighted by Crippen LogP contribution is -2.17. The summed E-state index contributed by atoms with van der Waals surface area (Å²) in [7, 11) is 1.65. The number of aromatic nitrogens is 2. The number of hydrogen-bond acceptors (Lipinski definition) is 3. The van der Waals surface area contributed by atoms with Gasteiger partial charge >= 0.3 is 0 Å². The Kier molecular flexibility index (Phi) is 4.61. The fraction of sp³-hybridized carbons (Fsp3) is 0.308. The molecule has 0 spiro atoms. The van der Waals surface area contributed by atoms with E-state index in [1.165, 1.54) is 0 Å². The highest BCUT2D eigenvalue weighted by atomic mass is 35.5. The minimum atomic E-state index is 0.691. The quantitative estimate of drug-likeness (QED) is 0.789. The number of ether oxygens (including phenoxy) is 1. The largest absolute Gasteiger partial charge is 0.496 e. The maximum absolute atomic E-state index is 6.15. The van der Waals surface area contributed by atoms with Gasteiger partial charge in [-0.15, -0.1) is 0 Å². The number of hydrogen-bond donors (Lipinski definition) is 2. The number of imidazole rings is 1. The van der Waals surface area contributed by atoms with Crippen LogP contribution in [0.25, 0.3) is 0 Å². The maximum atomic E-state index is 6.15. The molecule has 0 bridgehead atoms. The van der Waals surface area contributed by atoms with Gasteiger partial charge in [-0.3, -0.25) is 0 Å². The third-order valence-electron chi connectivity index (χ3n) is 2.72. The van der Waals surface area contributed by atoms with Gasteiger partial charge in [-0.05, 0) is 12.1 Å². The van der Waals surface area contributed by atoms with Crippen LogP contribution < -0.4 is 10.1 Å². The lowest BCUT2D eigenvalue weighted by Gasteiger charge is -2.11. The molecule has 2 N–H and O–H groups in total. The van der Waals surface area contributed by atoms with Crippen molar-refractivity contribution in [2.75, 3.05) is 13.7 Å². The average molecular weight is 266 g/mol. The van der Waals surface area contributed by atoms with Crippen molar-refractivity contribution in [2.24, 2.45) is 0 Å². The highest BCUT2D eigenvalue weighted by Gasteiger charge is 2.06. The summed E-state index contributed by atoms with van der Waals surface area (Å²) in [6, 6.07) is 5.67. The number of nitrogens with one attached hydrogen (secondary N) is 2. The summed E-state index contributed by atoms with van der Waals surface area (Å²) >= 11 is 6.15. The molecule has 0 atom stereocenters. The zero-order valence-corrected chi connectivity index (χ0v) is 11.0. The highest BCUT2D eigenvalue weighted by molar-refractivity contribution is 6.31. The standard InChI is InChI=1S/C13H16ClN3O/c1-18-13-4-2-3-12(14)11(13)8-15-6-5-10-7-16-9-17-10/h2-4,7,9,15H,5-6,8H2,1H3,(H,16,17). The molecule has 0 amide bonds. The average Bonchev–Trinajstić information content (AvgIpc) is 2.89. The van der Waals surface area contributed by atoms with Crippen LogP contribution >= 0.6 is 11.6 Å². The van der Waals surface area contributed by atoms with Crippen molar-refractivity contribution in [3.63, 3.8) is 0 Å². The summed E-state index contributed by atoms with van der Waals surface area (Å²) in [5.41, 5.74) is 2.11. The molecule has 1 aromatic heterocycles. The second kappa shape index (κ2) is 6.42. The Morgan fingerprint density at radius 1 is 1.44 bits per heavy atom. The summed E-state index contributed by atoms with van der Waals surface area (Å²) in [5.74, 6) is 0.816. The SMILES string of the molecule is COc1cccc(Cl)c1CNCCc1cnc[nH]1. The molecule has 2 rings (SSSR count). The Morgan fingerprint density at radius 3 is 3.06 bits per heavy atom. The molecule has 0 aliphatic rings. The van der Waals surface area contributed by atoms with E-state index in [0.717, 1.165) is 35.0 Å². The van der Waals surface area contributed by atoms with E-state index >= 15 is 0 Å². The molecule has 2 aromatic rings. The molecule has 1 aromatic carbocycles. The summed E-state index contributed by atoms with van der Waals surface area (Å²) in [6.45, 7) is 1.55. The molecule has 18 heavy (non-hydrogen) atoms. The van der Waals surface area contributed by atoms with E-state index in [2.05, 4.69) is 15.3 Å². The molecule has 0 saturated carbocycles. The molecule has 5 heteroatoms. The fourth-order valence-electron chi connectivity index (χ4n) is 1.76. The molecule has 0 radical (unpaired) electrons. The highest BCUT2D eigenvalue weighted by Crippen LogP contribution is 2.25. The van der Waals surface area contributed by atoms with Gasteiger partial charge in [0.05, 0.1) is 13.4 Å². The van der Waals surface area contributed by atoms with E-state index in [0.29, 0.717) is 6.54 Å². The Hall–Kier alpha value is -1.52. The van der Waals surface area contributed by atoms with Crippen molar-refractivity contribution >= 4 is 11.6 Å². The maximum Gasteiger partial charge on any atom is 0.124 e. The number of rotatable bonds is 6. The monoisotopic (exact) mass is 265 g/mol. The van der Waals surface area contributed by atoms with E-state index in [1.807, 2.05) is 24.4 Å². The normalized spacial score (nSPS) is 10.6. The number of nitrogens with zero attached hydrogens (tertiary/aromatic N) is 1. The first-order valence-electron chi connectivity index (χ1n) is 5.80. The second-order valence-corrected chi connectivity index (χ2v) is 4.33. The Morgan fingerprint density at radius 2 is 2.33 bits per heavy atom. The summed E-state index contributed by atoms with van der Waals surface area (Å²) in [5, 5.41) is 4.07. The molecular weight excluding hydrogens is 250 g/mol. The minimum absolute atomic E-state index is 0.691. The first-order valence-corrected chi connectivity index (χ1v) is 6.18. The predicted molar refractivity (Wildman–Crippen MR) is 72.0 cm³/mol. The number of aromatic amines is 1. The summed E-state index contributed by atoms with van der Waals surface area (Å²) < 4.78 is 5.29. The van der Waals surface area contributed by atoms with Crippen LogP contribution in [-0.4, -0.2) is 23.6 Å². The van der Waals surface area contributed by atoms with E-state index in [4.69, 9.17) is 16.3 Å². The smallest absolute Gasteiger partial charge is 0.124 e. The van der Waals surface area contributed by atoms with Crippen LogP contribution in [0, 0.1) is 0 Å². The first kappa shape index (κ1) is 12.9. The van der Waals surface area contributed by atoms with Gasteiger partial charge in [-0.2, -0.15) is 0 Å². The molecule has 0 unspecified atom stereocenters. The van der Waals surface area contributed by atoms with Crippen LogP contribution in [-0.2, 0) is 13.0 Å². The van der Waals surface area contributed by atoms with Gasteiger partial charge in [0.2, 0.25) is 0 Å². The topological polar surface area (TPSA) is 49.9 Å². The van der Waals surface area contributed by atoms with Crippen molar-refractivity contribution in [2.45, 2.75) is 13.0 Å². The molecule has 0 aliphatic carbocycles. The number of halogens is 1. The zero-order chi connectivity index (χ0) is 12.8. The predicted octanol–water partition coefficient (Wildman–Crippen LogP) is 2.40. The summed E-state index contributed by atoms with van der Waals surface area (Å²) in [4.78, 5) is 7.04. The number of methoxy groups -OCH3 is 1. The van der Waals surface area contributed by atoms with Crippen molar-refractivity contribution in [3.8, 4) is 5.75 Å². The van der Waals surface area contributed by atoms with Crippen LogP contribution in [0.15, 0.2) is 30.7 Å². The number of H-pyrrole nitrogens is 1. The van der Waals surface area contributed by atoms with Gasteiger partial charge in [0.15, 0.2) is 0 Å². The molecular formula is C13H16ClN3O. The Bertz CT molecular complexity index is 485. The van der Waals surface area contributed by atoms with Gasteiger partial charge in [0.1, 0.15) is 5.75 Å². The molecule has 1 heterocycles. The van der Waals surface area contributed by atoms with Crippen LogP contribution in [0.4, 0.5) is 0 Å². The van der Waals surface area contributed by atoms with Crippen molar-refractivity contribution in [1.82, 2.24) is 15.3 Å². The lowest BCUT2D eigenvalue weighted by molar-refractivity contribution is 0.408.